The number of benzene rings is 2. The summed E-state index contributed by atoms with van der Waals surface area (Å²) in [5, 5.41) is 6.30. The van der Waals surface area contributed by atoms with Gasteiger partial charge in [-0.05, 0) is 55.0 Å². The molecule has 0 saturated heterocycles. The fourth-order valence-corrected chi connectivity index (χ4v) is 2.49. The molecular weight excluding hydrogens is 341 g/mol. The van der Waals surface area contributed by atoms with E-state index in [0.717, 1.165) is 5.56 Å². The van der Waals surface area contributed by atoms with Crippen molar-refractivity contribution < 1.29 is 9.18 Å². The van der Waals surface area contributed by atoms with Gasteiger partial charge in [0.15, 0.2) is 0 Å². The molecule has 1 amide bonds. The van der Waals surface area contributed by atoms with Gasteiger partial charge in [0, 0.05) is 16.9 Å². The van der Waals surface area contributed by atoms with Crippen molar-refractivity contribution in [3.63, 3.8) is 0 Å². The molecule has 0 aliphatic rings. The highest BCUT2D eigenvalue weighted by Crippen LogP contribution is 2.21. The molecule has 1 aromatic heterocycles. The highest BCUT2D eigenvalue weighted by molar-refractivity contribution is 6.30. The number of aromatic nitrogens is 1. The second-order valence-electron chi connectivity index (χ2n) is 5.45. The molecule has 2 N–H and O–H groups in total. The SMILES string of the molecule is Cc1cc(Cl)ccc1NC(=O)c1ccc(Nc2ccccc2F)nc1. The summed E-state index contributed by atoms with van der Waals surface area (Å²) in [5.74, 6) is -0.205. The zero-order valence-electron chi connectivity index (χ0n) is 13.4. The fraction of sp³-hybridized carbons (Fsp3) is 0.0526. The largest absolute Gasteiger partial charge is 0.338 e. The van der Waals surface area contributed by atoms with Crippen LogP contribution in [0.5, 0.6) is 0 Å². The number of nitrogens with one attached hydrogen (secondary N) is 2. The van der Waals surface area contributed by atoms with E-state index in [1.807, 2.05) is 6.92 Å². The topological polar surface area (TPSA) is 54.0 Å². The standard InChI is InChI=1S/C19H15ClFN3O/c1-12-10-14(20)7-8-16(12)24-19(25)13-6-9-18(22-11-13)23-17-5-3-2-4-15(17)21/h2-11H,1H3,(H,22,23)(H,24,25). The molecule has 0 spiro atoms. The summed E-state index contributed by atoms with van der Waals surface area (Å²) in [6.45, 7) is 1.86. The zero-order valence-corrected chi connectivity index (χ0v) is 14.1. The van der Waals surface area contributed by atoms with Crippen LogP contribution in [0, 0.1) is 12.7 Å². The monoisotopic (exact) mass is 355 g/mol. The molecule has 0 fully saturated rings. The maximum Gasteiger partial charge on any atom is 0.257 e. The predicted octanol–water partition coefficient (Wildman–Crippen LogP) is 5.18. The van der Waals surface area contributed by atoms with Gasteiger partial charge in [-0.2, -0.15) is 0 Å². The Morgan fingerprint density at radius 3 is 2.56 bits per heavy atom. The van der Waals surface area contributed by atoms with Crippen molar-refractivity contribution in [3.05, 3.63) is 82.8 Å². The number of nitrogens with zero attached hydrogens (tertiary/aromatic N) is 1. The third-order valence-corrected chi connectivity index (χ3v) is 3.83. The Hall–Kier alpha value is -2.92. The van der Waals surface area contributed by atoms with E-state index >= 15 is 0 Å². The molecule has 3 rings (SSSR count). The van der Waals surface area contributed by atoms with Crippen LogP contribution in [0.3, 0.4) is 0 Å². The zero-order chi connectivity index (χ0) is 17.8. The number of carbonyl (C=O) groups excluding carboxylic acids is 1. The van der Waals surface area contributed by atoms with Gasteiger partial charge in [0.2, 0.25) is 0 Å². The number of amides is 1. The van der Waals surface area contributed by atoms with Gasteiger partial charge in [-0.3, -0.25) is 4.79 Å². The van der Waals surface area contributed by atoms with Gasteiger partial charge >= 0.3 is 0 Å². The van der Waals surface area contributed by atoms with Gasteiger partial charge < -0.3 is 10.6 Å². The number of halogens is 2. The lowest BCUT2D eigenvalue weighted by atomic mass is 10.2. The molecule has 6 heteroatoms. The van der Waals surface area contributed by atoms with E-state index in [9.17, 15) is 9.18 Å². The molecular formula is C19H15ClFN3O. The van der Waals surface area contributed by atoms with Crippen molar-refractivity contribution in [1.29, 1.82) is 0 Å². The molecule has 1 heterocycles. The molecule has 0 radical (unpaired) electrons. The van der Waals surface area contributed by atoms with Crippen LogP contribution >= 0.6 is 11.6 Å². The normalized spacial score (nSPS) is 10.4. The Bertz CT molecular complexity index is 913. The summed E-state index contributed by atoms with van der Waals surface area (Å²) in [4.78, 5) is 16.5. The first-order chi connectivity index (χ1) is 12.0. The van der Waals surface area contributed by atoms with Crippen molar-refractivity contribution in [1.82, 2.24) is 4.98 Å². The van der Waals surface area contributed by atoms with E-state index in [1.54, 1.807) is 48.5 Å². The molecule has 2 aromatic carbocycles. The van der Waals surface area contributed by atoms with E-state index in [-0.39, 0.29) is 11.7 Å². The minimum Gasteiger partial charge on any atom is -0.338 e. The van der Waals surface area contributed by atoms with Gasteiger partial charge in [0.05, 0.1) is 11.3 Å². The minimum atomic E-state index is -0.371. The Kier molecular flexibility index (Phi) is 4.95. The van der Waals surface area contributed by atoms with E-state index in [4.69, 9.17) is 11.6 Å². The van der Waals surface area contributed by atoms with Crippen molar-refractivity contribution in [2.75, 3.05) is 10.6 Å². The van der Waals surface area contributed by atoms with Crippen LogP contribution in [0.2, 0.25) is 5.02 Å². The highest BCUT2D eigenvalue weighted by atomic mass is 35.5. The van der Waals surface area contributed by atoms with Crippen LogP contribution < -0.4 is 10.6 Å². The number of aryl methyl sites for hydroxylation is 1. The lowest BCUT2D eigenvalue weighted by Gasteiger charge is -2.10. The Morgan fingerprint density at radius 1 is 1.08 bits per heavy atom. The maximum absolute atomic E-state index is 13.6. The molecule has 0 atom stereocenters. The fourth-order valence-electron chi connectivity index (χ4n) is 2.26. The third-order valence-electron chi connectivity index (χ3n) is 3.60. The van der Waals surface area contributed by atoms with E-state index in [2.05, 4.69) is 15.6 Å². The van der Waals surface area contributed by atoms with Crippen molar-refractivity contribution in [2.45, 2.75) is 6.92 Å². The summed E-state index contributed by atoms with van der Waals surface area (Å²) < 4.78 is 13.6. The second-order valence-corrected chi connectivity index (χ2v) is 5.89. The maximum atomic E-state index is 13.6. The van der Waals surface area contributed by atoms with Crippen LogP contribution in [0.15, 0.2) is 60.8 Å². The van der Waals surface area contributed by atoms with Crippen LogP contribution in [0.1, 0.15) is 15.9 Å². The molecule has 0 bridgehead atoms. The molecule has 0 aliphatic heterocycles. The number of hydrogen-bond acceptors (Lipinski definition) is 3. The van der Waals surface area contributed by atoms with Crippen molar-refractivity contribution in [3.8, 4) is 0 Å². The first-order valence-electron chi connectivity index (χ1n) is 7.58. The number of para-hydroxylation sites is 1. The summed E-state index contributed by atoms with van der Waals surface area (Å²) in [6, 6.07) is 14.8. The number of anilines is 3. The highest BCUT2D eigenvalue weighted by Gasteiger charge is 2.09. The summed E-state index contributed by atoms with van der Waals surface area (Å²) in [6.07, 6.45) is 1.43. The van der Waals surface area contributed by atoms with Gasteiger partial charge in [-0.15, -0.1) is 0 Å². The van der Waals surface area contributed by atoms with Crippen LogP contribution in [0.25, 0.3) is 0 Å². The van der Waals surface area contributed by atoms with Crippen molar-refractivity contribution >= 4 is 34.7 Å². The first-order valence-corrected chi connectivity index (χ1v) is 7.96. The summed E-state index contributed by atoms with van der Waals surface area (Å²) >= 11 is 5.91. The van der Waals surface area contributed by atoms with Gasteiger partial charge in [-0.1, -0.05) is 23.7 Å². The van der Waals surface area contributed by atoms with Crippen LogP contribution in [-0.4, -0.2) is 10.9 Å². The predicted molar refractivity (Wildman–Crippen MR) is 98.1 cm³/mol. The summed E-state index contributed by atoms with van der Waals surface area (Å²) in [7, 11) is 0. The quantitative estimate of drug-likeness (QED) is 0.678. The molecule has 0 saturated carbocycles. The van der Waals surface area contributed by atoms with Gasteiger partial charge in [-0.25, -0.2) is 9.37 Å². The lowest BCUT2D eigenvalue weighted by Crippen LogP contribution is -2.13. The lowest BCUT2D eigenvalue weighted by molar-refractivity contribution is 0.102. The van der Waals surface area contributed by atoms with E-state index in [0.29, 0.717) is 27.8 Å². The van der Waals surface area contributed by atoms with Crippen LogP contribution in [-0.2, 0) is 0 Å². The molecule has 0 aliphatic carbocycles. The Labute approximate surface area is 149 Å². The average Bonchev–Trinajstić information content (AvgIpc) is 2.60. The van der Waals surface area contributed by atoms with Crippen LogP contribution in [0.4, 0.5) is 21.6 Å². The van der Waals surface area contributed by atoms with Crippen molar-refractivity contribution in [2.24, 2.45) is 0 Å². The van der Waals surface area contributed by atoms with Gasteiger partial charge in [0.25, 0.3) is 5.91 Å². The van der Waals surface area contributed by atoms with E-state index in [1.165, 1.54) is 12.3 Å². The molecule has 3 aromatic rings. The Balaban J connectivity index is 1.71. The summed E-state index contributed by atoms with van der Waals surface area (Å²) in [5.41, 5.74) is 2.27. The average molecular weight is 356 g/mol. The Morgan fingerprint density at radius 2 is 1.88 bits per heavy atom. The minimum absolute atomic E-state index is 0.282. The van der Waals surface area contributed by atoms with E-state index < -0.39 is 0 Å². The first kappa shape index (κ1) is 16.9. The van der Waals surface area contributed by atoms with Gasteiger partial charge in [0.1, 0.15) is 11.6 Å². The number of rotatable bonds is 4. The molecule has 25 heavy (non-hydrogen) atoms. The molecule has 0 unspecified atom stereocenters. The molecule has 126 valence electrons. The number of pyridine rings is 1. The second kappa shape index (κ2) is 7.32. The number of carbonyl (C=O) groups is 1. The number of hydrogen-bond donors (Lipinski definition) is 2. The smallest absolute Gasteiger partial charge is 0.257 e. The molecule has 4 nitrogen and oxygen atoms in total. The third kappa shape index (κ3) is 4.14.